The molecule has 1 aliphatic carbocycles. The molecule has 4 aromatic rings. The summed E-state index contributed by atoms with van der Waals surface area (Å²) in [5.74, 6) is -1.05. The molecule has 1 saturated carbocycles. The summed E-state index contributed by atoms with van der Waals surface area (Å²) in [6.45, 7) is 2.03. The lowest BCUT2D eigenvalue weighted by molar-refractivity contribution is -0.115. The molecule has 36 heavy (non-hydrogen) atoms. The predicted molar refractivity (Wildman–Crippen MR) is 133 cm³/mol. The summed E-state index contributed by atoms with van der Waals surface area (Å²) >= 11 is 6.06. The smallest absolute Gasteiger partial charge is 0.254 e. The van der Waals surface area contributed by atoms with Gasteiger partial charge in [0.05, 0.1) is 17.0 Å². The number of nitrogen functional groups attached to an aromatic ring is 1. The van der Waals surface area contributed by atoms with Crippen molar-refractivity contribution in [1.82, 2.24) is 14.9 Å². The average molecular weight is 509 g/mol. The molecule has 0 bridgehead atoms. The van der Waals surface area contributed by atoms with E-state index in [-0.39, 0.29) is 40.2 Å². The zero-order chi connectivity index (χ0) is 25.6. The number of nitrogens with zero attached hydrogens (tertiary/aromatic N) is 3. The molecule has 5 N–H and O–H groups in total. The van der Waals surface area contributed by atoms with Gasteiger partial charge in [-0.05, 0) is 43.5 Å². The lowest BCUT2D eigenvalue weighted by atomic mass is 10.0. The third-order valence-corrected chi connectivity index (χ3v) is 6.54. The van der Waals surface area contributed by atoms with Crippen molar-refractivity contribution < 1.29 is 18.5 Å². The molecule has 0 aliphatic heterocycles. The summed E-state index contributed by atoms with van der Waals surface area (Å²) in [6, 6.07) is 12.5. The molecule has 5 rings (SSSR count). The van der Waals surface area contributed by atoms with Crippen LogP contribution in [0.25, 0.3) is 22.5 Å². The van der Waals surface area contributed by atoms with Crippen LogP contribution < -0.4 is 16.8 Å². The Labute approximate surface area is 210 Å². The molecular weight excluding hydrogens is 487 g/mol. The number of nitrogens with one attached hydrogen (secondary N) is 1. The molecule has 0 saturated heterocycles. The minimum atomic E-state index is -0.644. The Balaban J connectivity index is 1.29. The number of halogens is 2. The molecule has 1 fully saturated rings. The third-order valence-electron chi connectivity index (χ3n) is 6.22. The highest BCUT2D eigenvalue weighted by molar-refractivity contribution is 6.33. The van der Waals surface area contributed by atoms with Crippen LogP contribution in [0.3, 0.4) is 0 Å². The molecule has 2 heterocycles. The van der Waals surface area contributed by atoms with Gasteiger partial charge in [0.2, 0.25) is 11.8 Å². The topological polar surface area (TPSA) is 142 Å². The van der Waals surface area contributed by atoms with Crippen LogP contribution in [-0.4, -0.2) is 26.8 Å². The maximum atomic E-state index is 13.3. The number of hydrogen-bond acceptors (Lipinski definition) is 6. The number of benzene rings is 2. The van der Waals surface area contributed by atoms with Crippen molar-refractivity contribution in [1.29, 1.82) is 0 Å². The van der Waals surface area contributed by atoms with E-state index in [0.29, 0.717) is 22.5 Å². The number of rotatable bonds is 7. The van der Waals surface area contributed by atoms with Gasteiger partial charge in [-0.1, -0.05) is 41.0 Å². The van der Waals surface area contributed by atoms with Crippen molar-refractivity contribution in [2.75, 3.05) is 11.1 Å². The number of hydrogen-bond donors (Lipinski definition) is 3. The van der Waals surface area contributed by atoms with E-state index in [4.69, 9.17) is 27.6 Å². The maximum absolute atomic E-state index is 13.3. The lowest BCUT2D eigenvalue weighted by Crippen LogP contribution is -2.19. The number of primary amides is 1. The quantitative estimate of drug-likeness (QED) is 0.338. The van der Waals surface area contributed by atoms with Crippen molar-refractivity contribution >= 4 is 35.1 Å². The van der Waals surface area contributed by atoms with E-state index in [1.807, 2.05) is 6.92 Å². The SMILES string of the molecule is CC1(n2nc(-c3ccc(CC(=O)Nc4cc(-c5ccc(F)cc5Cl)no4)cc3)c(C(N)=O)c2N)CC1. The van der Waals surface area contributed by atoms with E-state index in [2.05, 4.69) is 15.6 Å². The van der Waals surface area contributed by atoms with Gasteiger partial charge in [0.15, 0.2) is 0 Å². The molecular formula is C25H22ClFN6O3. The Morgan fingerprint density at radius 1 is 1.19 bits per heavy atom. The number of amides is 2. The van der Waals surface area contributed by atoms with E-state index < -0.39 is 11.7 Å². The van der Waals surface area contributed by atoms with Gasteiger partial charge in [0, 0.05) is 17.2 Å². The van der Waals surface area contributed by atoms with Crippen LogP contribution in [-0.2, 0) is 16.8 Å². The fraction of sp³-hybridized carbons (Fsp3) is 0.200. The minimum absolute atomic E-state index is 0.0605. The second-order valence-electron chi connectivity index (χ2n) is 9.00. The Hall–Kier alpha value is -4.18. The molecule has 9 nitrogen and oxygen atoms in total. The molecule has 2 amide bonds. The van der Waals surface area contributed by atoms with Crippen molar-refractivity contribution in [2.24, 2.45) is 5.73 Å². The summed E-state index contributed by atoms with van der Waals surface area (Å²) < 4.78 is 20.1. The molecule has 1 aliphatic rings. The van der Waals surface area contributed by atoms with Crippen LogP contribution in [0.1, 0.15) is 35.7 Å². The van der Waals surface area contributed by atoms with Gasteiger partial charge in [0.1, 0.15) is 28.6 Å². The first-order valence-corrected chi connectivity index (χ1v) is 11.5. The molecule has 184 valence electrons. The van der Waals surface area contributed by atoms with Crippen molar-refractivity contribution in [3.05, 3.63) is 70.5 Å². The normalized spacial score (nSPS) is 14.0. The van der Waals surface area contributed by atoms with Gasteiger partial charge in [-0.3, -0.25) is 14.9 Å². The second-order valence-corrected chi connectivity index (χ2v) is 9.41. The fourth-order valence-corrected chi connectivity index (χ4v) is 4.25. The lowest BCUT2D eigenvalue weighted by Gasteiger charge is -2.10. The van der Waals surface area contributed by atoms with Crippen LogP contribution in [0.4, 0.5) is 16.1 Å². The number of carbonyl (C=O) groups is 2. The molecule has 0 spiro atoms. The van der Waals surface area contributed by atoms with Gasteiger partial charge in [0.25, 0.3) is 5.91 Å². The molecule has 0 unspecified atom stereocenters. The van der Waals surface area contributed by atoms with Crippen LogP contribution in [0, 0.1) is 5.82 Å². The first-order valence-electron chi connectivity index (χ1n) is 11.1. The average Bonchev–Trinajstić information content (AvgIpc) is 3.23. The largest absolute Gasteiger partial charge is 0.383 e. The third kappa shape index (κ3) is 4.42. The van der Waals surface area contributed by atoms with E-state index >= 15 is 0 Å². The highest BCUT2D eigenvalue weighted by Gasteiger charge is 2.43. The van der Waals surface area contributed by atoms with Crippen LogP contribution in [0.5, 0.6) is 0 Å². The van der Waals surface area contributed by atoms with Crippen LogP contribution in [0.2, 0.25) is 5.02 Å². The standard InChI is InChI=1S/C25H22ClFN6O3/c1-25(8-9-25)33-23(28)21(24(29)35)22(31-33)14-4-2-13(3-5-14)10-19(34)30-20-12-18(32-36-20)16-7-6-15(27)11-17(16)26/h2-7,11-12H,8-10,28H2,1H3,(H2,29,35)(H,30,34). The number of carbonyl (C=O) groups excluding carboxylic acids is 2. The summed E-state index contributed by atoms with van der Waals surface area (Å²) in [7, 11) is 0. The van der Waals surface area contributed by atoms with Gasteiger partial charge in [-0.25, -0.2) is 9.07 Å². The maximum Gasteiger partial charge on any atom is 0.254 e. The second kappa shape index (κ2) is 8.80. The summed E-state index contributed by atoms with van der Waals surface area (Å²) in [5.41, 5.74) is 14.4. The van der Waals surface area contributed by atoms with Gasteiger partial charge in [-0.15, -0.1) is 0 Å². The minimum Gasteiger partial charge on any atom is -0.383 e. The van der Waals surface area contributed by atoms with Gasteiger partial charge in [-0.2, -0.15) is 5.10 Å². The Morgan fingerprint density at radius 3 is 2.56 bits per heavy atom. The van der Waals surface area contributed by atoms with E-state index in [1.165, 1.54) is 24.3 Å². The van der Waals surface area contributed by atoms with Crippen molar-refractivity contribution in [3.8, 4) is 22.5 Å². The zero-order valence-electron chi connectivity index (χ0n) is 19.2. The zero-order valence-corrected chi connectivity index (χ0v) is 20.0. The highest BCUT2D eigenvalue weighted by atomic mass is 35.5. The molecule has 2 aromatic carbocycles. The Morgan fingerprint density at radius 2 is 1.92 bits per heavy atom. The number of nitrogens with two attached hydrogens (primary N) is 2. The molecule has 11 heteroatoms. The molecule has 0 radical (unpaired) electrons. The monoisotopic (exact) mass is 508 g/mol. The van der Waals surface area contributed by atoms with Crippen LogP contribution in [0.15, 0.2) is 53.1 Å². The number of anilines is 2. The van der Waals surface area contributed by atoms with E-state index in [1.54, 1.807) is 28.9 Å². The first-order chi connectivity index (χ1) is 17.1. The van der Waals surface area contributed by atoms with E-state index in [9.17, 15) is 14.0 Å². The van der Waals surface area contributed by atoms with Crippen molar-refractivity contribution in [2.45, 2.75) is 31.7 Å². The Bertz CT molecular complexity index is 1490. The Kier molecular flexibility index (Phi) is 5.76. The molecule has 2 aromatic heterocycles. The summed E-state index contributed by atoms with van der Waals surface area (Å²) in [5, 5.41) is 11.3. The van der Waals surface area contributed by atoms with Gasteiger partial charge < -0.3 is 16.0 Å². The number of aromatic nitrogens is 3. The first kappa shape index (κ1) is 23.6. The fourth-order valence-electron chi connectivity index (χ4n) is 3.99. The highest BCUT2D eigenvalue weighted by Crippen LogP contribution is 2.45. The predicted octanol–water partition coefficient (Wildman–Crippen LogP) is 4.37. The van der Waals surface area contributed by atoms with Crippen molar-refractivity contribution in [3.63, 3.8) is 0 Å². The summed E-state index contributed by atoms with van der Waals surface area (Å²) in [4.78, 5) is 24.6. The van der Waals surface area contributed by atoms with Crippen LogP contribution >= 0.6 is 11.6 Å². The summed E-state index contributed by atoms with van der Waals surface area (Å²) in [6.07, 6.45) is 1.91. The molecule has 0 atom stereocenters. The van der Waals surface area contributed by atoms with Gasteiger partial charge >= 0.3 is 0 Å². The van der Waals surface area contributed by atoms with E-state index in [0.717, 1.165) is 18.4 Å².